The Kier molecular flexibility index (Phi) is 5.19. The van der Waals surface area contributed by atoms with Crippen molar-refractivity contribution < 1.29 is 23.9 Å². The van der Waals surface area contributed by atoms with E-state index in [-0.39, 0.29) is 16.9 Å². The van der Waals surface area contributed by atoms with Crippen molar-refractivity contribution in [1.29, 1.82) is 0 Å². The van der Waals surface area contributed by atoms with Gasteiger partial charge in [-0.05, 0) is 42.5 Å². The van der Waals surface area contributed by atoms with E-state index in [4.69, 9.17) is 9.47 Å². The summed E-state index contributed by atoms with van der Waals surface area (Å²) in [6.07, 6.45) is 0. The topological polar surface area (TPSA) is 69.7 Å². The summed E-state index contributed by atoms with van der Waals surface area (Å²) in [5.41, 5.74) is 0.764. The highest BCUT2D eigenvalue weighted by Crippen LogP contribution is 2.16. The Hall–Kier alpha value is -3.73. The minimum atomic E-state index is -0.823. The lowest BCUT2D eigenvalue weighted by Crippen LogP contribution is -2.13. The molecular weight excluding hydrogens is 332 g/mol. The SMILES string of the molecule is O=C(OC(=O)c1cccc(OC(=O)c2ccccc2)c1)c1ccccc1. The molecule has 0 N–H and O–H groups in total. The number of benzene rings is 3. The summed E-state index contributed by atoms with van der Waals surface area (Å²) in [7, 11) is 0. The van der Waals surface area contributed by atoms with E-state index in [1.165, 1.54) is 24.3 Å². The van der Waals surface area contributed by atoms with Gasteiger partial charge in [-0.3, -0.25) is 0 Å². The van der Waals surface area contributed by atoms with Crippen LogP contribution in [-0.4, -0.2) is 17.9 Å². The van der Waals surface area contributed by atoms with Gasteiger partial charge in [0.25, 0.3) is 0 Å². The molecule has 0 unspecified atom stereocenters. The molecule has 5 nitrogen and oxygen atoms in total. The van der Waals surface area contributed by atoms with E-state index in [0.717, 1.165) is 0 Å². The van der Waals surface area contributed by atoms with Gasteiger partial charge >= 0.3 is 17.9 Å². The Balaban J connectivity index is 1.69. The molecule has 0 saturated heterocycles. The molecule has 0 aromatic heterocycles. The number of rotatable bonds is 4. The minimum Gasteiger partial charge on any atom is -0.423 e. The van der Waals surface area contributed by atoms with E-state index in [9.17, 15) is 14.4 Å². The maximum Gasteiger partial charge on any atom is 0.346 e. The first-order valence-corrected chi connectivity index (χ1v) is 7.82. The quantitative estimate of drug-likeness (QED) is 0.407. The maximum atomic E-state index is 12.2. The molecule has 0 spiro atoms. The van der Waals surface area contributed by atoms with Gasteiger partial charge in [-0.25, -0.2) is 14.4 Å². The van der Waals surface area contributed by atoms with E-state index in [1.54, 1.807) is 60.7 Å². The van der Waals surface area contributed by atoms with Crippen LogP contribution in [0.4, 0.5) is 0 Å². The summed E-state index contributed by atoms with van der Waals surface area (Å²) >= 11 is 0. The third-order valence-corrected chi connectivity index (χ3v) is 3.48. The van der Waals surface area contributed by atoms with Crippen molar-refractivity contribution in [3.05, 3.63) is 102 Å². The lowest BCUT2D eigenvalue weighted by molar-refractivity contribution is 0.0396. The fourth-order valence-electron chi connectivity index (χ4n) is 2.20. The zero-order chi connectivity index (χ0) is 18.4. The third kappa shape index (κ3) is 4.21. The first kappa shape index (κ1) is 17.1. The Morgan fingerprint density at radius 2 is 1.04 bits per heavy atom. The van der Waals surface area contributed by atoms with Crippen LogP contribution in [0.1, 0.15) is 31.1 Å². The molecule has 0 radical (unpaired) electrons. The molecule has 0 aliphatic rings. The molecule has 0 aliphatic heterocycles. The van der Waals surface area contributed by atoms with Crippen molar-refractivity contribution in [2.24, 2.45) is 0 Å². The van der Waals surface area contributed by atoms with Crippen molar-refractivity contribution in [3.63, 3.8) is 0 Å². The monoisotopic (exact) mass is 346 g/mol. The second kappa shape index (κ2) is 7.90. The van der Waals surface area contributed by atoms with Crippen molar-refractivity contribution >= 4 is 17.9 Å². The molecule has 26 heavy (non-hydrogen) atoms. The average molecular weight is 346 g/mol. The number of esters is 3. The molecule has 0 bridgehead atoms. The lowest BCUT2D eigenvalue weighted by atomic mass is 10.2. The van der Waals surface area contributed by atoms with Crippen LogP contribution in [-0.2, 0) is 4.74 Å². The van der Waals surface area contributed by atoms with Crippen LogP contribution in [0.3, 0.4) is 0 Å². The molecule has 0 saturated carbocycles. The van der Waals surface area contributed by atoms with Crippen LogP contribution in [0, 0.1) is 0 Å². The Morgan fingerprint density at radius 1 is 0.538 bits per heavy atom. The van der Waals surface area contributed by atoms with Gasteiger partial charge < -0.3 is 9.47 Å². The molecule has 0 amide bonds. The number of hydrogen-bond donors (Lipinski definition) is 0. The third-order valence-electron chi connectivity index (χ3n) is 3.48. The first-order chi connectivity index (χ1) is 12.6. The standard InChI is InChI=1S/C21H14O5/c22-19(15-8-3-1-4-9-15)25-18-13-7-12-17(14-18)21(24)26-20(23)16-10-5-2-6-11-16/h1-14H. The van der Waals surface area contributed by atoms with Crippen LogP contribution in [0.15, 0.2) is 84.9 Å². The number of ether oxygens (including phenoxy) is 2. The fourth-order valence-corrected chi connectivity index (χ4v) is 2.20. The van der Waals surface area contributed by atoms with E-state index in [2.05, 4.69) is 0 Å². The van der Waals surface area contributed by atoms with Crippen LogP contribution in [0.5, 0.6) is 5.75 Å². The van der Waals surface area contributed by atoms with Crippen LogP contribution in [0.25, 0.3) is 0 Å². The van der Waals surface area contributed by atoms with Crippen molar-refractivity contribution in [1.82, 2.24) is 0 Å². The van der Waals surface area contributed by atoms with E-state index in [1.807, 2.05) is 0 Å². The summed E-state index contributed by atoms with van der Waals surface area (Å²) in [5.74, 6) is -1.93. The van der Waals surface area contributed by atoms with Gasteiger partial charge in [0.15, 0.2) is 0 Å². The number of carbonyl (C=O) groups is 3. The molecule has 5 heteroatoms. The summed E-state index contributed by atoms with van der Waals surface area (Å²) in [4.78, 5) is 36.2. The average Bonchev–Trinajstić information content (AvgIpc) is 2.69. The maximum absolute atomic E-state index is 12.2. The Labute approximate surface area is 149 Å². The normalized spacial score (nSPS) is 10.0. The second-order valence-electron chi connectivity index (χ2n) is 5.33. The highest BCUT2D eigenvalue weighted by molar-refractivity contribution is 6.02. The lowest BCUT2D eigenvalue weighted by Gasteiger charge is -2.07. The molecule has 3 rings (SSSR count). The van der Waals surface area contributed by atoms with Gasteiger partial charge in [-0.15, -0.1) is 0 Å². The highest BCUT2D eigenvalue weighted by Gasteiger charge is 2.16. The molecule has 0 aliphatic carbocycles. The Bertz CT molecular complexity index is 933. The summed E-state index contributed by atoms with van der Waals surface area (Å²) in [6.45, 7) is 0. The van der Waals surface area contributed by atoms with Gasteiger partial charge in [-0.1, -0.05) is 42.5 Å². The van der Waals surface area contributed by atoms with Crippen molar-refractivity contribution in [3.8, 4) is 5.75 Å². The zero-order valence-corrected chi connectivity index (χ0v) is 13.6. The Morgan fingerprint density at radius 3 is 1.65 bits per heavy atom. The van der Waals surface area contributed by atoms with Gasteiger partial charge in [0.2, 0.25) is 0 Å². The summed E-state index contributed by atoms with van der Waals surface area (Å²) in [6, 6.07) is 22.6. The largest absolute Gasteiger partial charge is 0.423 e. The molecule has 3 aromatic rings. The zero-order valence-electron chi connectivity index (χ0n) is 13.6. The smallest absolute Gasteiger partial charge is 0.346 e. The molecule has 0 fully saturated rings. The second-order valence-corrected chi connectivity index (χ2v) is 5.33. The van der Waals surface area contributed by atoms with Crippen molar-refractivity contribution in [2.45, 2.75) is 0 Å². The van der Waals surface area contributed by atoms with E-state index < -0.39 is 17.9 Å². The fraction of sp³-hybridized carbons (Fsp3) is 0. The highest BCUT2D eigenvalue weighted by atomic mass is 16.6. The molecule has 0 heterocycles. The summed E-state index contributed by atoms with van der Waals surface area (Å²) < 4.78 is 10.1. The predicted octanol–water partition coefficient (Wildman–Crippen LogP) is 3.90. The van der Waals surface area contributed by atoms with Gasteiger partial charge in [0, 0.05) is 0 Å². The van der Waals surface area contributed by atoms with Gasteiger partial charge in [0.1, 0.15) is 5.75 Å². The van der Waals surface area contributed by atoms with Gasteiger partial charge in [-0.2, -0.15) is 0 Å². The predicted molar refractivity (Wildman–Crippen MR) is 94.0 cm³/mol. The first-order valence-electron chi connectivity index (χ1n) is 7.82. The molecular formula is C21H14O5. The van der Waals surface area contributed by atoms with Crippen molar-refractivity contribution in [2.75, 3.05) is 0 Å². The molecule has 0 atom stereocenters. The number of hydrogen-bond acceptors (Lipinski definition) is 5. The van der Waals surface area contributed by atoms with Crippen LogP contribution < -0.4 is 4.74 Å². The number of carbonyl (C=O) groups excluding carboxylic acids is 3. The van der Waals surface area contributed by atoms with E-state index in [0.29, 0.717) is 5.56 Å². The minimum absolute atomic E-state index is 0.104. The van der Waals surface area contributed by atoms with Gasteiger partial charge in [0.05, 0.1) is 16.7 Å². The van der Waals surface area contributed by atoms with Crippen LogP contribution in [0.2, 0.25) is 0 Å². The molecule has 128 valence electrons. The van der Waals surface area contributed by atoms with E-state index >= 15 is 0 Å². The van der Waals surface area contributed by atoms with Crippen LogP contribution >= 0.6 is 0 Å². The molecule has 3 aromatic carbocycles. The summed E-state index contributed by atoms with van der Waals surface area (Å²) in [5, 5.41) is 0.